The summed E-state index contributed by atoms with van der Waals surface area (Å²) >= 11 is 3.20. The molecule has 0 saturated heterocycles. The monoisotopic (exact) mass is 354 g/mol. The topological polar surface area (TPSA) is 38.7 Å². The molecule has 3 nitrogen and oxygen atoms in total. The second-order valence-corrected chi connectivity index (χ2v) is 5.36. The first-order chi connectivity index (χ1) is 10.1. The Balaban J connectivity index is 2.27. The smallest absolute Gasteiger partial charge is 0.130 e. The molecule has 2 rings (SSSR count). The molecular formula is C16H16BrFO3. The fourth-order valence-electron chi connectivity index (χ4n) is 1.96. The third kappa shape index (κ3) is 4.03. The highest BCUT2D eigenvalue weighted by molar-refractivity contribution is 9.10. The molecule has 21 heavy (non-hydrogen) atoms. The van der Waals surface area contributed by atoms with E-state index in [1.807, 2.05) is 0 Å². The molecular weight excluding hydrogens is 339 g/mol. The van der Waals surface area contributed by atoms with Gasteiger partial charge in [0, 0.05) is 22.7 Å². The Kier molecular flexibility index (Phi) is 5.73. The van der Waals surface area contributed by atoms with Crippen LogP contribution in [0, 0.1) is 5.82 Å². The zero-order valence-corrected chi connectivity index (χ0v) is 13.1. The van der Waals surface area contributed by atoms with E-state index >= 15 is 0 Å². The summed E-state index contributed by atoms with van der Waals surface area (Å²) < 4.78 is 25.1. The van der Waals surface area contributed by atoms with Gasteiger partial charge in [0.1, 0.15) is 24.3 Å². The Morgan fingerprint density at radius 3 is 2.62 bits per heavy atom. The maximum absolute atomic E-state index is 14.0. The number of para-hydroxylation sites is 1. The van der Waals surface area contributed by atoms with E-state index in [-0.39, 0.29) is 5.56 Å². The molecule has 0 bridgehead atoms. The van der Waals surface area contributed by atoms with Gasteiger partial charge in [-0.25, -0.2) is 4.39 Å². The third-order valence-electron chi connectivity index (χ3n) is 3.02. The number of ether oxygens (including phenoxy) is 2. The van der Waals surface area contributed by atoms with Gasteiger partial charge in [-0.15, -0.1) is 0 Å². The molecule has 5 heteroatoms. The Hall–Kier alpha value is -1.43. The van der Waals surface area contributed by atoms with Crippen molar-refractivity contribution in [3.8, 4) is 5.75 Å². The van der Waals surface area contributed by atoms with Gasteiger partial charge in [-0.2, -0.15) is 0 Å². The van der Waals surface area contributed by atoms with Gasteiger partial charge in [-0.05, 0) is 18.2 Å². The molecule has 112 valence electrons. The van der Waals surface area contributed by atoms with Crippen molar-refractivity contribution in [1.82, 2.24) is 0 Å². The van der Waals surface area contributed by atoms with E-state index in [0.717, 1.165) is 0 Å². The normalized spacial score (nSPS) is 12.2. The molecule has 0 radical (unpaired) electrons. The van der Waals surface area contributed by atoms with Crippen LogP contribution in [0.15, 0.2) is 46.9 Å². The SMILES string of the molecule is COCCOc1ccccc1C(O)c1ccc(Br)cc1F. The third-order valence-corrected chi connectivity index (χ3v) is 3.51. The molecule has 0 aliphatic rings. The highest BCUT2D eigenvalue weighted by Gasteiger charge is 2.18. The largest absolute Gasteiger partial charge is 0.491 e. The van der Waals surface area contributed by atoms with E-state index in [4.69, 9.17) is 9.47 Å². The van der Waals surface area contributed by atoms with E-state index < -0.39 is 11.9 Å². The summed E-state index contributed by atoms with van der Waals surface area (Å²) in [5.41, 5.74) is 0.732. The van der Waals surface area contributed by atoms with Crippen LogP contribution in [0.4, 0.5) is 4.39 Å². The van der Waals surface area contributed by atoms with Gasteiger partial charge in [0.2, 0.25) is 0 Å². The van der Waals surface area contributed by atoms with Crippen molar-refractivity contribution in [2.75, 3.05) is 20.3 Å². The predicted molar refractivity (Wildman–Crippen MR) is 82.0 cm³/mol. The van der Waals surface area contributed by atoms with E-state index in [0.29, 0.717) is 29.0 Å². The predicted octanol–water partition coefficient (Wildman–Crippen LogP) is 3.70. The number of halogens is 2. The number of aliphatic hydroxyl groups excluding tert-OH is 1. The van der Waals surface area contributed by atoms with Crippen molar-refractivity contribution in [1.29, 1.82) is 0 Å². The molecule has 0 aliphatic carbocycles. The van der Waals surface area contributed by atoms with Crippen molar-refractivity contribution in [2.24, 2.45) is 0 Å². The van der Waals surface area contributed by atoms with Crippen LogP contribution >= 0.6 is 15.9 Å². The Labute approximate surface area is 131 Å². The first kappa shape index (κ1) is 15.9. The molecule has 0 spiro atoms. The van der Waals surface area contributed by atoms with Crippen molar-refractivity contribution < 1.29 is 19.0 Å². The molecule has 1 atom stereocenters. The second kappa shape index (κ2) is 7.54. The van der Waals surface area contributed by atoms with Crippen LogP contribution in [0.1, 0.15) is 17.2 Å². The summed E-state index contributed by atoms with van der Waals surface area (Å²) in [6.07, 6.45) is -1.09. The minimum absolute atomic E-state index is 0.209. The van der Waals surface area contributed by atoms with Crippen molar-refractivity contribution in [3.05, 3.63) is 63.9 Å². The zero-order valence-electron chi connectivity index (χ0n) is 11.6. The summed E-state index contributed by atoms with van der Waals surface area (Å²) in [6.45, 7) is 0.806. The highest BCUT2D eigenvalue weighted by atomic mass is 79.9. The van der Waals surface area contributed by atoms with Gasteiger partial charge in [0.25, 0.3) is 0 Å². The summed E-state index contributed by atoms with van der Waals surface area (Å²) in [5, 5.41) is 10.4. The highest BCUT2D eigenvalue weighted by Crippen LogP contribution is 2.32. The molecule has 0 amide bonds. The molecule has 2 aromatic carbocycles. The summed E-state index contributed by atoms with van der Waals surface area (Å²) in [7, 11) is 1.58. The fourth-order valence-corrected chi connectivity index (χ4v) is 2.30. The van der Waals surface area contributed by atoms with E-state index in [2.05, 4.69) is 15.9 Å². The van der Waals surface area contributed by atoms with Crippen LogP contribution in [0.25, 0.3) is 0 Å². The minimum Gasteiger partial charge on any atom is -0.491 e. The van der Waals surface area contributed by atoms with E-state index in [9.17, 15) is 9.50 Å². The average Bonchev–Trinajstić information content (AvgIpc) is 2.47. The molecule has 0 fully saturated rings. The summed E-state index contributed by atoms with van der Waals surface area (Å²) in [6, 6.07) is 11.6. The number of methoxy groups -OCH3 is 1. The average molecular weight is 355 g/mol. The van der Waals surface area contributed by atoms with Crippen molar-refractivity contribution in [3.63, 3.8) is 0 Å². The first-order valence-corrected chi connectivity index (χ1v) is 7.26. The molecule has 0 heterocycles. The quantitative estimate of drug-likeness (QED) is 0.804. The Bertz CT molecular complexity index is 604. The lowest BCUT2D eigenvalue weighted by atomic mass is 10.0. The van der Waals surface area contributed by atoms with Crippen LogP contribution in [0.2, 0.25) is 0 Å². The number of rotatable bonds is 6. The molecule has 0 aromatic heterocycles. The van der Waals surface area contributed by atoms with E-state index in [1.165, 1.54) is 6.07 Å². The first-order valence-electron chi connectivity index (χ1n) is 6.47. The van der Waals surface area contributed by atoms with Crippen LogP contribution in [0.3, 0.4) is 0 Å². The van der Waals surface area contributed by atoms with Gasteiger partial charge in [0.05, 0.1) is 6.61 Å². The van der Waals surface area contributed by atoms with Crippen LogP contribution in [0.5, 0.6) is 5.75 Å². The Morgan fingerprint density at radius 1 is 1.14 bits per heavy atom. The van der Waals surface area contributed by atoms with Crippen LogP contribution in [-0.2, 0) is 4.74 Å². The van der Waals surface area contributed by atoms with Gasteiger partial charge in [-0.3, -0.25) is 0 Å². The molecule has 0 aliphatic heterocycles. The minimum atomic E-state index is -1.09. The fraction of sp³-hybridized carbons (Fsp3) is 0.250. The standard InChI is InChI=1S/C16H16BrFO3/c1-20-8-9-21-15-5-3-2-4-13(15)16(19)12-7-6-11(17)10-14(12)18/h2-7,10,16,19H,8-9H2,1H3. The van der Waals surface area contributed by atoms with E-state index in [1.54, 1.807) is 43.5 Å². The second-order valence-electron chi connectivity index (χ2n) is 4.45. The van der Waals surface area contributed by atoms with Gasteiger partial charge >= 0.3 is 0 Å². The maximum Gasteiger partial charge on any atom is 0.130 e. The summed E-state index contributed by atoms with van der Waals surface area (Å²) in [4.78, 5) is 0. The number of aliphatic hydroxyl groups is 1. The van der Waals surface area contributed by atoms with Crippen LogP contribution < -0.4 is 4.74 Å². The zero-order chi connectivity index (χ0) is 15.2. The maximum atomic E-state index is 14.0. The van der Waals surface area contributed by atoms with Gasteiger partial charge in [0.15, 0.2) is 0 Å². The molecule has 1 unspecified atom stereocenters. The van der Waals surface area contributed by atoms with Gasteiger partial charge in [-0.1, -0.05) is 40.2 Å². The van der Waals surface area contributed by atoms with Crippen molar-refractivity contribution in [2.45, 2.75) is 6.10 Å². The number of benzene rings is 2. The van der Waals surface area contributed by atoms with Gasteiger partial charge < -0.3 is 14.6 Å². The number of hydrogen-bond acceptors (Lipinski definition) is 3. The number of hydrogen-bond donors (Lipinski definition) is 1. The summed E-state index contributed by atoms with van der Waals surface area (Å²) in [5.74, 6) is 0.0490. The molecule has 0 saturated carbocycles. The lowest BCUT2D eigenvalue weighted by Gasteiger charge is -2.17. The Morgan fingerprint density at radius 2 is 1.90 bits per heavy atom. The molecule has 1 N–H and O–H groups in total. The lowest BCUT2D eigenvalue weighted by molar-refractivity contribution is 0.142. The lowest BCUT2D eigenvalue weighted by Crippen LogP contribution is -2.09. The molecule has 2 aromatic rings. The van der Waals surface area contributed by atoms with Crippen molar-refractivity contribution >= 4 is 15.9 Å². The van der Waals surface area contributed by atoms with Crippen LogP contribution in [-0.4, -0.2) is 25.4 Å².